The molecule has 0 spiro atoms. The topological polar surface area (TPSA) is 59.6 Å². The molecule has 0 aliphatic carbocycles. The molecule has 2 heterocycles. The van der Waals surface area contributed by atoms with E-state index in [9.17, 15) is 4.79 Å². The third-order valence-corrected chi connectivity index (χ3v) is 4.44. The smallest absolute Gasteiger partial charge is 0.280 e. The minimum absolute atomic E-state index is 0.250. The van der Waals surface area contributed by atoms with Crippen LogP contribution in [0.3, 0.4) is 0 Å². The minimum atomic E-state index is -0.250. The van der Waals surface area contributed by atoms with Crippen molar-refractivity contribution in [3.05, 3.63) is 76.7 Å². The molecule has 0 N–H and O–H groups in total. The maximum atomic E-state index is 12.2. The van der Waals surface area contributed by atoms with E-state index < -0.39 is 0 Å². The van der Waals surface area contributed by atoms with Crippen molar-refractivity contribution in [2.45, 2.75) is 12.8 Å². The first kappa shape index (κ1) is 16.1. The lowest BCUT2D eigenvalue weighted by Gasteiger charge is -2.07. The molecular formula is C21H18N4O. The fraction of sp³-hybridized carbons (Fsp3) is 0.143. The van der Waals surface area contributed by atoms with E-state index in [4.69, 9.17) is 4.98 Å². The third-order valence-electron chi connectivity index (χ3n) is 4.44. The number of aryl methyl sites for hydroxylation is 2. The second kappa shape index (κ2) is 6.52. The molecule has 1 amide bonds. The van der Waals surface area contributed by atoms with Gasteiger partial charge < -0.3 is 4.57 Å². The van der Waals surface area contributed by atoms with Crippen molar-refractivity contribution in [1.29, 1.82) is 0 Å². The van der Waals surface area contributed by atoms with Crippen LogP contribution in [-0.4, -0.2) is 21.3 Å². The first-order valence-corrected chi connectivity index (χ1v) is 8.48. The van der Waals surface area contributed by atoms with Crippen molar-refractivity contribution < 1.29 is 4.79 Å². The van der Waals surface area contributed by atoms with E-state index in [-0.39, 0.29) is 5.91 Å². The normalized spacial score (nSPS) is 13.1. The van der Waals surface area contributed by atoms with Gasteiger partial charge in [-0.3, -0.25) is 4.79 Å². The van der Waals surface area contributed by atoms with Gasteiger partial charge in [-0.2, -0.15) is 4.99 Å². The van der Waals surface area contributed by atoms with Gasteiger partial charge in [0.1, 0.15) is 11.7 Å². The summed E-state index contributed by atoms with van der Waals surface area (Å²) in [6, 6.07) is 15.5. The molecule has 1 aliphatic heterocycles. The van der Waals surface area contributed by atoms with E-state index in [0.29, 0.717) is 29.6 Å². The molecule has 5 heteroatoms. The summed E-state index contributed by atoms with van der Waals surface area (Å²) in [6.45, 7) is 3.95. The second-order valence-electron chi connectivity index (χ2n) is 6.28. The molecular weight excluding hydrogens is 324 g/mol. The summed E-state index contributed by atoms with van der Waals surface area (Å²) in [5.74, 6) is 1.21. The molecule has 0 bridgehead atoms. The number of imidazole rings is 1. The van der Waals surface area contributed by atoms with Crippen LogP contribution in [0.15, 0.2) is 64.7 Å². The summed E-state index contributed by atoms with van der Waals surface area (Å²) in [4.78, 5) is 25.6. The summed E-state index contributed by atoms with van der Waals surface area (Å²) < 4.78 is 2.01. The molecule has 0 saturated heterocycles. The Morgan fingerprint density at radius 2 is 1.81 bits per heavy atom. The highest BCUT2D eigenvalue weighted by Gasteiger charge is 2.16. The van der Waals surface area contributed by atoms with Crippen LogP contribution in [0.1, 0.15) is 22.6 Å². The molecule has 26 heavy (non-hydrogen) atoms. The molecule has 3 aromatic rings. The van der Waals surface area contributed by atoms with Crippen LogP contribution in [0.4, 0.5) is 0 Å². The van der Waals surface area contributed by atoms with Gasteiger partial charge in [0.2, 0.25) is 0 Å². The van der Waals surface area contributed by atoms with Crippen molar-refractivity contribution in [1.82, 2.24) is 9.55 Å². The number of carbonyl (C=O) groups excluding carboxylic acids is 1. The van der Waals surface area contributed by atoms with Crippen molar-refractivity contribution >= 4 is 18.3 Å². The summed E-state index contributed by atoms with van der Waals surface area (Å²) in [6.07, 6.45) is 3.23. The van der Waals surface area contributed by atoms with Gasteiger partial charge in [0.05, 0.1) is 16.6 Å². The molecule has 0 fully saturated rings. The third kappa shape index (κ3) is 2.99. The average Bonchev–Trinajstić information content (AvgIpc) is 3.02. The number of amides is 1. The summed E-state index contributed by atoms with van der Waals surface area (Å²) >= 11 is 0. The van der Waals surface area contributed by atoms with E-state index in [2.05, 4.69) is 16.6 Å². The van der Waals surface area contributed by atoms with Crippen molar-refractivity contribution in [2.75, 3.05) is 0 Å². The molecule has 0 radical (unpaired) electrons. The van der Waals surface area contributed by atoms with Crippen LogP contribution >= 0.6 is 0 Å². The quantitative estimate of drug-likeness (QED) is 0.730. The van der Waals surface area contributed by atoms with Gasteiger partial charge in [0, 0.05) is 31.6 Å². The predicted molar refractivity (Wildman–Crippen MR) is 101 cm³/mol. The van der Waals surface area contributed by atoms with Crippen LogP contribution < -0.4 is 10.6 Å². The maximum Gasteiger partial charge on any atom is 0.280 e. The number of aliphatic imine (C=N–C) groups is 1. The number of rotatable bonds is 4. The Balaban J connectivity index is 1.57. The zero-order chi connectivity index (χ0) is 18.1. The molecule has 0 atom stereocenters. The van der Waals surface area contributed by atoms with Gasteiger partial charge in [-0.05, 0) is 11.3 Å². The van der Waals surface area contributed by atoms with E-state index >= 15 is 0 Å². The SMILES string of the molecule is C=c1cccc2c1=NC(CCc1nc(-c3ccccc3)cn1C)=NC2=O. The van der Waals surface area contributed by atoms with E-state index in [0.717, 1.165) is 22.3 Å². The first-order valence-electron chi connectivity index (χ1n) is 8.48. The molecule has 128 valence electrons. The molecule has 0 unspecified atom stereocenters. The van der Waals surface area contributed by atoms with Crippen LogP contribution in [0.2, 0.25) is 0 Å². The van der Waals surface area contributed by atoms with Crippen molar-refractivity contribution in [2.24, 2.45) is 17.0 Å². The number of fused-ring (bicyclic) bond motifs is 1. The number of carbonyl (C=O) groups is 1. The van der Waals surface area contributed by atoms with Crippen LogP contribution in [-0.2, 0) is 13.5 Å². The van der Waals surface area contributed by atoms with Gasteiger partial charge in [0.25, 0.3) is 5.91 Å². The number of nitrogens with zero attached hydrogens (tertiary/aromatic N) is 4. The van der Waals surface area contributed by atoms with E-state index in [1.807, 2.05) is 54.2 Å². The van der Waals surface area contributed by atoms with Gasteiger partial charge in [0.15, 0.2) is 0 Å². The predicted octanol–water partition coefficient (Wildman–Crippen LogP) is 2.30. The first-order chi connectivity index (χ1) is 12.6. The Morgan fingerprint density at radius 3 is 2.62 bits per heavy atom. The van der Waals surface area contributed by atoms with Crippen LogP contribution in [0, 0.1) is 0 Å². The van der Waals surface area contributed by atoms with E-state index in [1.54, 1.807) is 12.1 Å². The Bertz CT molecular complexity index is 1130. The van der Waals surface area contributed by atoms with Crippen molar-refractivity contribution in [3.63, 3.8) is 0 Å². The Kier molecular flexibility index (Phi) is 4.05. The van der Waals surface area contributed by atoms with Gasteiger partial charge in [-0.25, -0.2) is 9.98 Å². The molecule has 0 saturated carbocycles. The fourth-order valence-electron chi connectivity index (χ4n) is 3.05. The van der Waals surface area contributed by atoms with Gasteiger partial charge in [-0.15, -0.1) is 0 Å². The Labute approximate surface area is 151 Å². The lowest BCUT2D eigenvalue weighted by Crippen LogP contribution is -2.33. The number of amidine groups is 1. The summed E-state index contributed by atoms with van der Waals surface area (Å²) in [7, 11) is 1.98. The average molecular weight is 342 g/mol. The van der Waals surface area contributed by atoms with Gasteiger partial charge in [-0.1, -0.05) is 49.0 Å². The molecule has 4 rings (SSSR count). The molecule has 1 aromatic heterocycles. The highest BCUT2D eigenvalue weighted by Crippen LogP contribution is 2.18. The Morgan fingerprint density at radius 1 is 1.00 bits per heavy atom. The number of para-hydroxylation sites is 1. The van der Waals surface area contributed by atoms with E-state index in [1.165, 1.54) is 0 Å². The highest BCUT2D eigenvalue weighted by atomic mass is 16.1. The zero-order valence-corrected chi connectivity index (χ0v) is 14.5. The highest BCUT2D eigenvalue weighted by molar-refractivity contribution is 6.05. The van der Waals surface area contributed by atoms with Gasteiger partial charge >= 0.3 is 0 Å². The lowest BCUT2D eigenvalue weighted by molar-refractivity contribution is 0.0999. The zero-order valence-electron chi connectivity index (χ0n) is 14.5. The fourth-order valence-corrected chi connectivity index (χ4v) is 3.05. The van der Waals surface area contributed by atoms with Crippen molar-refractivity contribution in [3.8, 4) is 11.3 Å². The monoisotopic (exact) mass is 342 g/mol. The number of hydrogen-bond acceptors (Lipinski definition) is 3. The lowest BCUT2D eigenvalue weighted by atomic mass is 10.1. The molecule has 2 aromatic carbocycles. The number of hydrogen-bond donors (Lipinski definition) is 0. The minimum Gasteiger partial charge on any atom is -0.337 e. The molecule has 5 nitrogen and oxygen atoms in total. The largest absolute Gasteiger partial charge is 0.337 e. The van der Waals surface area contributed by atoms with Crippen LogP contribution in [0.25, 0.3) is 17.8 Å². The number of benzene rings is 2. The standard InChI is InChI=1S/C21H18N4O/c1-14-7-6-10-16-20(14)23-18(24-21(16)26)11-12-19-22-17(13-25(19)2)15-8-4-3-5-9-15/h3-10,13H,1,11-12H2,2H3. The maximum absolute atomic E-state index is 12.2. The summed E-state index contributed by atoms with van der Waals surface area (Å²) in [5.41, 5.74) is 2.54. The molecule has 1 aliphatic rings. The number of aromatic nitrogens is 2. The second-order valence-corrected chi connectivity index (χ2v) is 6.28. The Hall–Kier alpha value is -3.34. The summed E-state index contributed by atoms with van der Waals surface area (Å²) in [5, 5.41) is 1.37. The van der Waals surface area contributed by atoms with Crippen LogP contribution in [0.5, 0.6) is 0 Å².